The van der Waals surface area contributed by atoms with E-state index in [1.807, 2.05) is 18.2 Å². The van der Waals surface area contributed by atoms with E-state index in [4.69, 9.17) is 4.43 Å². The smallest absolute Gasteiger partial charge is 0.242 e. The Hall–Kier alpha value is -0.546. The van der Waals surface area contributed by atoms with Gasteiger partial charge >= 0.3 is 0 Å². The van der Waals surface area contributed by atoms with Crippen LogP contribution in [-0.2, 0) is 0 Å². The molecule has 0 amide bonds. The Bertz CT molecular complexity index is 301. The highest BCUT2D eigenvalue weighted by Crippen LogP contribution is 2.23. The van der Waals surface area contributed by atoms with Crippen LogP contribution in [0, 0.1) is 0 Å². The Morgan fingerprint density at radius 2 is 1.47 bits per heavy atom. The van der Waals surface area contributed by atoms with E-state index in [9.17, 15) is 0 Å². The molecule has 0 aliphatic rings. The molecule has 0 aliphatic heterocycles. The van der Waals surface area contributed by atoms with Crippen LogP contribution in [-0.4, -0.2) is 16.4 Å². The van der Waals surface area contributed by atoms with Crippen LogP contribution in [0.3, 0.4) is 0 Å². The number of benzene rings is 1. The maximum atomic E-state index is 6.15. The minimum absolute atomic E-state index is 1.01. The van der Waals surface area contributed by atoms with Crippen LogP contribution in [0.4, 0.5) is 0 Å². The van der Waals surface area contributed by atoms with Crippen molar-refractivity contribution in [2.45, 2.75) is 38.4 Å². The van der Waals surface area contributed by atoms with Crippen LogP contribution in [0.15, 0.2) is 30.3 Å². The number of rotatable bonds is 4. The van der Waals surface area contributed by atoms with E-state index in [-0.39, 0.29) is 0 Å². The molecule has 0 saturated carbocycles. The zero-order chi connectivity index (χ0) is 11.5. The molecule has 0 aromatic heterocycles. The van der Waals surface area contributed by atoms with Gasteiger partial charge in [-0.1, -0.05) is 37.8 Å². The summed E-state index contributed by atoms with van der Waals surface area (Å²) in [5.74, 6) is 1.03. The zero-order valence-corrected chi connectivity index (χ0v) is 12.5. The summed E-state index contributed by atoms with van der Waals surface area (Å²) in [7, 11) is -2.53. The molecule has 0 N–H and O–H groups in total. The maximum Gasteiger partial charge on any atom is 0.242 e. The van der Waals surface area contributed by atoms with E-state index in [2.05, 4.69) is 44.9 Å². The first kappa shape index (κ1) is 12.5. The van der Waals surface area contributed by atoms with Crippen molar-refractivity contribution in [2.24, 2.45) is 0 Å². The predicted molar refractivity (Wildman–Crippen MR) is 72.7 cm³/mol. The van der Waals surface area contributed by atoms with Crippen molar-refractivity contribution in [3.8, 4) is 5.75 Å². The van der Waals surface area contributed by atoms with Crippen molar-refractivity contribution in [3.05, 3.63) is 30.3 Å². The Labute approximate surface area is 95.6 Å². The predicted octanol–water partition coefficient (Wildman–Crippen LogP) is 4.15. The largest absolute Gasteiger partial charge is 0.544 e. The molecule has 3 heteroatoms. The monoisotopic (exact) mass is 238 g/mol. The summed E-state index contributed by atoms with van der Waals surface area (Å²) >= 11 is 0. The second kappa shape index (κ2) is 4.53. The molecule has 0 fully saturated rings. The summed E-state index contributed by atoms with van der Waals surface area (Å²) in [5.41, 5.74) is 1.31. The molecular weight excluding hydrogens is 216 g/mol. The Balaban J connectivity index is 2.65. The molecule has 0 bridgehead atoms. The van der Waals surface area contributed by atoms with Gasteiger partial charge < -0.3 is 4.43 Å². The van der Waals surface area contributed by atoms with Gasteiger partial charge in [-0.2, -0.15) is 0 Å². The molecule has 1 aromatic rings. The minimum Gasteiger partial charge on any atom is -0.544 e. The van der Waals surface area contributed by atoms with E-state index >= 15 is 0 Å². The van der Waals surface area contributed by atoms with Crippen molar-refractivity contribution in [3.63, 3.8) is 0 Å². The van der Waals surface area contributed by atoms with Gasteiger partial charge in [0.1, 0.15) is 5.75 Å². The summed E-state index contributed by atoms with van der Waals surface area (Å²) < 4.78 is 6.15. The van der Waals surface area contributed by atoms with Gasteiger partial charge in [-0.25, -0.2) is 0 Å². The third kappa shape index (κ3) is 5.18. The quantitative estimate of drug-likeness (QED) is 0.716. The highest BCUT2D eigenvalue weighted by Gasteiger charge is 2.31. The van der Waals surface area contributed by atoms with Crippen LogP contribution in [0.5, 0.6) is 5.75 Å². The fourth-order valence-electron chi connectivity index (χ4n) is 2.12. The molecule has 0 unspecified atom stereocenters. The zero-order valence-electron chi connectivity index (χ0n) is 10.5. The highest BCUT2D eigenvalue weighted by atomic mass is 28.4. The summed E-state index contributed by atoms with van der Waals surface area (Å²) in [6.07, 6.45) is 0. The van der Waals surface area contributed by atoms with Gasteiger partial charge in [-0.05, 0) is 30.9 Å². The van der Waals surface area contributed by atoms with E-state index in [1.165, 1.54) is 5.67 Å². The lowest BCUT2D eigenvalue weighted by atomic mass is 10.3. The summed E-state index contributed by atoms with van der Waals surface area (Å²) in [5, 5.41) is 0. The topological polar surface area (TPSA) is 9.23 Å². The van der Waals surface area contributed by atoms with Gasteiger partial charge in [-0.15, -0.1) is 0 Å². The Morgan fingerprint density at radius 3 is 1.93 bits per heavy atom. The van der Waals surface area contributed by atoms with Crippen molar-refractivity contribution in [1.82, 2.24) is 0 Å². The minimum atomic E-state index is -1.52. The van der Waals surface area contributed by atoms with Gasteiger partial charge in [-0.3, -0.25) is 0 Å². The number of hydrogen-bond donors (Lipinski definition) is 0. The average molecular weight is 238 g/mol. The van der Waals surface area contributed by atoms with E-state index in [0.29, 0.717) is 0 Å². The Morgan fingerprint density at radius 1 is 0.933 bits per heavy atom. The van der Waals surface area contributed by atoms with Gasteiger partial charge in [0.25, 0.3) is 0 Å². The molecule has 1 rings (SSSR count). The standard InChI is InChI=1S/C12H22OSi2/c1-14(2,3)11-15(4,5)13-12-9-7-6-8-10-12/h6-10H,11H2,1-5H3. The van der Waals surface area contributed by atoms with Crippen LogP contribution in [0.1, 0.15) is 0 Å². The van der Waals surface area contributed by atoms with Crippen LogP contribution in [0.25, 0.3) is 0 Å². The van der Waals surface area contributed by atoms with E-state index in [0.717, 1.165) is 5.75 Å². The summed E-state index contributed by atoms with van der Waals surface area (Å²) in [4.78, 5) is 0. The highest BCUT2D eigenvalue weighted by molar-refractivity contribution is 6.92. The SMILES string of the molecule is C[Si](C)(C)C[Si](C)(C)Oc1ccccc1. The van der Waals surface area contributed by atoms with Gasteiger partial charge in [0.05, 0.1) is 0 Å². The van der Waals surface area contributed by atoms with Crippen LogP contribution in [0.2, 0.25) is 38.4 Å². The second-order valence-corrected chi connectivity index (χ2v) is 16.2. The van der Waals surface area contributed by atoms with E-state index in [1.54, 1.807) is 0 Å². The molecule has 0 saturated heterocycles. The van der Waals surface area contributed by atoms with Crippen molar-refractivity contribution >= 4 is 16.4 Å². The molecule has 1 nitrogen and oxygen atoms in total. The van der Waals surface area contributed by atoms with Gasteiger partial charge in [0.15, 0.2) is 0 Å². The molecule has 1 aromatic carbocycles. The first-order chi connectivity index (χ1) is 6.79. The van der Waals surface area contributed by atoms with Gasteiger partial charge in [0.2, 0.25) is 8.32 Å². The lowest BCUT2D eigenvalue weighted by Gasteiger charge is -2.29. The average Bonchev–Trinajstić information content (AvgIpc) is 1.99. The fourth-order valence-corrected chi connectivity index (χ4v) is 13.4. The molecule has 0 aliphatic carbocycles. The lowest BCUT2D eigenvalue weighted by molar-refractivity contribution is 0.554. The molecule has 0 atom stereocenters. The number of hydrogen-bond acceptors (Lipinski definition) is 1. The third-order valence-electron chi connectivity index (χ3n) is 2.09. The summed E-state index contributed by atoms with van der Waals surface area (Å²) in [6, 6.07) is 10.2. The molecule has 0 heterocycles. The first-order valence-electron chi connectivity index (χ1n) is 5.53. The van der Waals surface area contributed by atoms with Crippen LogP contribution < -0.4 is 4.43 Å². The maximum absolute atomic E-state index is 6.15. The molecule has 15 heavy (non-hydrogen) atoms. The third-order valence-corrected chi connectivity index (χ3v) is 10.5. The molecular formula is C12H22OSi2. The second-order valence-electron chi connectivity index (χ2n) is 5.91. The lowest BCUT2D eigenvalue weighted by Crippen LogP contribution is -2.42. The Kier molecular flexibility index (Phi) is 3.78. The van der Waals surface area contributed by atoms with E-state index < -0.39 is 16.4 Å². The van der Waals surface area contributed by atoms with Gasteiger partial charge in [0, 0.05) is 8.07 Å². The summed E-state index contributed by atoms with van der Waals surface area (Å²) in [6.45, 7) is 11.9. The molecule has 0 spiro atoms. The molecule has 84 valence electrons. The molecule has 0 radical (unpaired) electrons. The van der Waals surface area contributed by atoms with Crippen LogP contribution >= 0.6 is 0 Å². The normalized spacial score (nSPS) is 12.6. The fraction of sp³-hybridized carbons (Fsp3) is 0.500. The first-order valence-corrected chi connectivity index (χ1v) is 12.3. The van der Waals surface area contributed by atoms with Crippen molar-refractivity contribution in [1.29, 1.82) is 0 Å². The number of para-hydroxylation sites is 1. The van der Waals surface area contributed by atoms with Crippen molar-refractivity contribution in [2.75, 3.05) is 0 Å². The van der Waals surface area contributed by atoms with Crippen molar-refractivity contribution < 1.29 is 4.43 Å².